The van der Waals surface area contributed by atoms with Gasteiger partial charge in [-0.25, -0.2) is 4.79 Å². The van der Waals surface area contributed by atoms with Gasteiger partial charge in [0.05, 0.1) is 13.2 Å². The van der Waals surface area contributed by atoms with Crippen molar-refractivity contribution in [3.8, 4) is 0 Å². The molecule has 0 aromatic carbocycles. The summed E-state index contributed by atoms with van der Waals surface area (Å²) in [6, 6.07) is 0. The molecule has 20 heavy (non-hydrogen) atoms. The number of nitrogens with two attached hydrogens (primary N) is 1. The van der Waals surface area contributed by atoms with E-state index in [0.717, 1.165) is 19.3 Å². The second-order valence-electron chi connectivity index (χ2n) is 5.86. The molecule has 1 saturated carbocycles. The van der Waals surface area contributed by atoms with Crippen molar-refractivity contribution in [3.05, 3.63) is 0 Å². The molecule has 1 rings (SSSR count). The van der Waals surface area contributed by atoms with E-state index in [2.05, 4.69) is 6.92 Å². The molecule has 0 heterocycles. The summed E-state index contributed by atoms with van der Waals surface area (Å²) >= 11 is 0. The summed E-state index contributed by atoms with van der Waals surface area (Å²) in [5.74, 6) is -0.0588. The summed E-state index contributed by atoms with van der Waals surface area (Å²) in [7, 11) is 0. The molecule has 1 unspecified atom stereocenters. The Bertz CT molecular complexity index is 279. The van der Waals surface area contributed by atoms with Crippen molar-refractivity contribution < 1.29 is 14.3 Å². The third kappa shape index (κ3) is 5.80. The van der Waals surface area contributed by atoms with Gasteiger partial charge in [0.1, 0.15) is 5.54 Å². The maximum atomic E-state index is 12.0. The van der Waals surface area contributed by atoms with Crippen LogP contribution in [-0.4, -0.2) is 31.3 Å². The second-order valence-corrected chi connectivity index (χ2v) is 5.86. The number of hydrogen-bond acceptors (Lipinski definition) is 4. The summed E-state index contributed by atoms with van der Waals surface area (Å²) in [6.07, 6.45) is 9.43. The average molecular weight is 285 g/mol. The lowest BCUT2D eigenvalue weighted by Gasteiger charge is -2.26. The Labute approximate surface area is 123 Å². The minimum absolute atomic E-state index is 0.242. The van der Waals surface area contributed by atoms with Crippen LogP contribution >= 0.6 is 0 Å². The van der Waals surface area contributed by atoms with Gasteiger partial charge in [-0.15, -0.1) is 0 Å². The first-order valence-electron chi connectivity index (χ1n) is 8.19. The molecule has 0 aromatic heterocycles. The minimum Gasteiger partial charge on any atom is -0.465 e. The predicted octanol–water partition coefficient (Wildman–Crippen LogP) is 3.03. The number of hydrogen-bond donors (Lipinski definition) is 1. The number of esters is 1. The van der Waals surface area contributed by atoms with E-state index in [4.69, 9.17) is 15.2 Å². The van der Waals surface area contributed by atoms with Crippen molar-refractivity contribution in [3.63, 3.8) is 0 Å². The lowest BCUT2D eigenvalue weighted by atomic mass is 9.96. The van der Waals surface area contributed by atoms with Crippen molar-refractivity contribution >= 4 is 5.97 Å². The number of carbonyl (C=O) groups is 1. The van der Waals surface area contributed by atoms with Crippen LogP contribution in [0, 0.1) is 5.92 Å². The van der Waals surface area contributed by atoms with E-state index in [1.54, 1.807) is 0 Å². The number of unbranched alkanes of at least 4 members (excludes halogenated alkanes) is 5. The van der Waals surface area contributed by atoms with Crippen molar-refractivity contribution in [1.29, 1.82) is 0 Å². The number of carbonyl (C=O) groups excluding carboxylic acids is 1. The van der Waals surface area contributed by atoms with Gasteiger partial charge in [0.2, 0.25) is 0 Å². The Morgan fingerprint density at radius 2 is 1.80 bits per heavy atom. The third-order valence-electron chi connectivity index (χ3n) is 3.94. The Kier molecular flexibility index (Phi) is 8.15. The normalized spacial score (nSPS) is 17.8. The van der Waals surface area contributed by atoms with E-state index in [1.165, 1.54) is 32.1 Å². The monoisotopic (exact) mass is 285 g/mol. The number of ether oxygens (including phenoxy) is 2. The zero-order valence-electron chi connectivity index (χ0n) is 13.2. The minimum atomic E-state index is -0.918. The van der Waals surface area contributed by atoms with Gasteiger partial charge in [-0.1, -0.05) is 39.0 Å². The highest BCUT2D eigenvalue weighted by Gasteiger charge is 2.49. The third-order valence-corrected chi connectivity index (χ3v) is 3.94. The van der Waals surface area contributed by atoms with Crippen LogP contribution in [0.25, 0.3) is 0 Å². The summed E-state index contributed by atoms with van der Waals surface area (Å²) in [4.78, 5) is 12.0. The van der Waals surface area contributed by atoms with E-state index < -0.39 is 5.54 Å². The Balaban J connectivity index is 2.15. The van der Waals surface area contributed by atoms with Crippen LogP contribution in [0.1, 0.15) is 65.2 Å². The molecule has 1 atom stereocenters. The molecule has 1 aliphatic rings. The maximum absolute atomic E-state index is 12.0. The standard InChI is InChI=1S/C16H31NO3/c1-3-5-6-7-8-9-12-19-13-16(17,14-10-11-14)15(18)20-4-2/h14H,3-13,17H2,1-2H3. The molecule has 1 fully saturated rings. The summed E-state index contributed by atoms with van der Waals surface area (Å²) in [5, 5.41) is 0. The zero-order valence-corrected chi connectivity index (χ0v) is 13.2. The molecule has 0 aliphatic heterocycles. The zero-order chi connectivity index (χ0) is 14.8. The topological polar surface area (TPSA) is 61.5 Å². The molecule has 4 heteroatoms. The lowest BCUT2D eigenvalue weighted by molar-refractivity contribution is -0.153. The molecule has 1 aliphatic carbocycles. The Hall–Kier alpha value is -0.610. The quantitative estimate of drug-likeness (QED) is 0.442. The molecule has 118 valence electrons. The highest BCUT2D eigenvalue weighted by molar-refractivity contribution is 5.81. The molecule has 0 bridgehead atoms. The Morgan fingerprint density at radius 3 is 2.40 bits per heavy atom. The van der Waals surface area contributed by atoms with Gasteiger partial charge in [-0.05, 0) is 32.1 Å². The van der Waals surface area contributed by atoms with E-state index in [0.29, 0.717) is 19.8 Å². The fourth-order valence-electron chi connectivity index (χ4n) is 2.43. The van der Waals surface area contributed by atoms with E-state index in [1.807, 2.05) is 6.92 Å². The van der Waals surface area contributed by atoms with Crippen LogP contribution in [-0.2, 0) is 14.3 Å². The van der Waals surface area contributed by atoms with Crippen LogP contribution in [0.5, 0.6) is 0 Å². The predicted molar refractivity (Wildman–Crippen MR) is 80.5 cm³/mol. The smallest absolute Gasteiger partial charge is 0.328 e. The van der Waals surface area contributed by atoms with Crippen molar-refractivity contribution in [2.45, 2.75) is 70.8 Å². The molecule has 0 aromatic rings. The van der Waals surface area contributed by atoms with E-state index >= 15 is 0 Å². The van der Waals surface area contributed by atoms with Gasteiger partial charge in [-0.3, -0.25) is 0 Å². The fourth-order valence-corrected chi connectivity index (χ4v) is 2.43. The van der Waals surface area contributed by atoms with Crippen LogP contribution in [0.4, 0.5) is 0 Å². The molecule has 2 N–H and O–H groups in total. The van der Waals surface area contributed by atoms with Crippen molar-refractivity contribution in [1.82, 2.24) is 0 Å². The van der Waals surface area contributed by atoms with Gasteiger partial charge in [0.25, 0.3) is 0 Å². The van der Waals surface area contributed by atoms with Gasteiger partial charge in [-0.2, -0.15) is 0 Å². The van der Waals surface area contributed by atoms with Gasteiger partial charge < -0.3 is 15.2 Å². The molecule has 0 saturated heterocycles. The molecule has 0 spiro atoms. The highest BCUT2D eigenvalue weighted by Crippen LogP contribution is 2.39. The second kappa shape index (κ2) is 9.35. The van der Waals surface area contributed by atoms with Crippen molar-refractivity contribution in [2.75, 3.05) is 19.8 Å². The molecule has 0 radical (unpaired) electrons. The summed E-state index contributed by atoms with van der Waals surface area (Å²) in [5.41, 5.74) is 5.30. The van der Waals surface area contributed by atoms with Gasteiger partial charge in [0, 0.05) is 6.61 Å². The van der Waals surface area contributed by atoms with Crippen LogP contribution in [0.3, 0.4) is 0 Å². The van der Waals surface area contributed by atoms with Crippen LogP contribution in [0.15, 0.2) is 0 Å². The molecular weight excluding hydrogens is 254 g/mol. The lowest BCUT2D eigenvalue weighted by Crippen LogP contribution is -2.55. The summed E-state index contributed by atoms with van der Waals surface area (Å²) in [6.45, 7) is 5.39. The van der Waals surface area contributed by atoms with E-state index in [-0.39, 0.29) is 11.9 Å². The first kappa shape index (κ1) is 17.4. The number of rotatable bonds is 12. The van der Waals surface area contributed by atoms with Crippen molar-refractivity contribution in [2.24, 2.45) is 11.7 Å². The fraction of sp³-hybridized carbons (Fsp3) is 0.938. The van der Waals surface area contributed by atoms with Gasteiger partial charge in [0.15, 0.2) is 0 Å². The van der Waals surface area contributed by atoms with Crippen LogP contribution in [0.2, 0.25) is 0 Å². The molecule has 4 nitrogen and oxygen atoms in total. The highest BCUT2D eigenvalue weighted by atomic mass is 16.5. The first-order chi connectivity index (χ1) is 9.65. The summed E-state index contributed by atoms with van der Waals surface area (Å²) < 4.78 is 10.7. The first-order valence-corrected chi connectivity index (χ1v) is 8.19. The van der Waals surface area contributed by atoms with Gasteiger partial charge >= 0.3 is 5.97 Å². The Morgan fingerprint density at radius 1 is 1.15 bits per heavy atom. The molecular formula is C16H31NO3. The maximum Gasteiger partial charge on any atom is 0.328 e. The molecule has 0 amide bonds. The van der Waals surface area contributed by atoms with Crippen LogP contribution < -0.4 is 5.73 Å². The van der Waals surface area contributed by atoms with E-state index in [9.17, 15) is 4.79 Å². The average Bonchev–Trinajstić information content (AvgIpc) is 3.26. The SMILES string of the molecule is CCCCCCCCOCC(N)(C(=O)OCC)C1CC1. The largest absolute Gasteiger partial charge is 0.465 e.